The molecule has 0 unspecified atom stereocenters. The number of anilines is 1. The van der Waals surface area contributed by atoms with Crippen LogP contribution in [0.1, 0.15) is 6.42 Å². The summed E-state index contributed by atoms with van der Waals surface area (Å²) in [5, 5.41) is 0. The number of carbonyl (C=O) groups excluding carboxylic acids is 1. The second-order valence-electron chi connectivity index (χ2n) is 7.52. The van der Waals surface area contributed by atoms with Gasteiger partial charge in [-0.2, -0.15) is 0 Å². The summed E-state index contributed by atoms with van der Waals surface area (Å²) >= 11 is 0. The second kappa shape index (κ2) is 9.44. The predicted molar refractivity (Wildman–Crippen MR) is 119 cm³/mol. The Morgan fingerprint density at radius 3 is 2.31 bits per heavy atom. The van der Waals surface area contributed by atoms with Gasteiger partial charge in [0, 0.05) is 44.2 Å². The largest absolute Gasteiger partial charge is 0.353 e. The fraction of sp³-hybridized carbons (Fsp3) is 0.261. The molecule has 2 aromatic carbocycles. The van der Waals surface area contributed by atoms with Crippen molar-refractivity contribution in [2.24, 2.45) is 0 Å². The van der Waals surface area contributed by atoms with Crippen LogP contribution >= 0.6 is 0 Å². The van der Waals surface area contributed by atoms with Crippen molar-refractivity contribution < 1.29 is 17.6 Å². The van der Waals surface area contributed by atoms with Crippen LogP contribution in [0.5, 0.6) is 0 Å². The number of benzene rings is 2. The summed E-state index contributed by atoms with van der Waals surface area (Å²) in [6.07, 6.45) is 1.43. The molecule has 9 heteroatoms. The quantitative estimate of drug-likeness (QED) is 0.570. The maximum absolute atomic E-state index is 13.2. The molecule has 1 saturated heterocycles. The Kier molecular flexibility index (Phi) is 6.45. The molecule has 4 rings (SSSR count). The first-order chi connectivity index (χ1) is 15.4. The zero-order valence-electron chi connectivity index (χ0n) is 17.4. The molecule has 0 bridgehead atoms. The molecule has 1 amide bonds. The topological polar surface area (TPSA) is 83.5 Å². The number of hydrogen-bond acceptors (Lipinski definition) is 6. The van der Waals surface area contributed by atoms with Gasteiger partial charge in [0.05, 0.1) is 16.3 Å². The van der Waals surface area contributed by atoms with Crippen molar-refractivity contribution in [2.45, 2.75) is 11.3 Å². The van der Waals surface area contributed by atoms with E-state index in [9.17, 15) is 17.6 Å². The van der Waals surface area contributed by atoms with Crippen LogP contribution in [0.3, 0.4) is 0 Å². The molecule has 1 aromatic heterocycles. The number of amides is 1. The maximum Gasteiger partial charge on any atom is 0.223 e. The monoisotopic (exact) mass is 454 g/mol. The molecule has 166 valence electrons. The average Bonchev–Trinajstić information content (AvgIpc) is 2.84. The minimum Gasteiger partial charge on any atom is -0.353 e. The van der Waals surface area contributed by atoms with Crippen molar-refractivity contribution in [2.75, 3.05) is 36.8 Å². The predicted octanol–water partition coefficient (Wildman–Crippen LogP) is 2.80. The first-order valence-corrected chi connectivity index (χ1v) is 12.0. The molecule has 3 aromatic rings. The van der Waals surface area contributed by atoms with Gasteiger partial charge < -0.3 is 9.80 Å². The summed E-state index contributed by atoms with van der Waals surface area (Å²) < 4.78 is 38.0. The zero-order valence-corrected chi connectivity index (χ0v) is 18.2. The molecule has 32 heavy (non-hydrogen) atoms. The van der Waals surface area contributed by atoms with Crippen molar-refractivity contribution in [3.8, 4) is 11.3 Å². The molecule has 1 aliphatic rings. The number of halogens is 1. The van der Waals surface area contributed by atoms with Crippen LogP contribution in [0, 0.1) is 5.82 Å². The highest BCUT2D eigenvalue weighted by atomic mass is 32.2. The number of nitrogens with zero attached hydrogens (tertiary/aromatic N) is 4. The Labute approximate surface area is 186 Å². The lowest BCUT2D eigenvalue weighted by atomic mass is 10.1. The van der Waals surface area contributed by atoms with Crippen molar-refractivity contribution in [3.05, 3.63) is 72.8 Å². The van der Waals surface area contributed by atoms with Gasteiger partial charge in [0.2, 0.25) is 5.91 Å². The summed E-state index contributed by atoms with van der Waals surface area (Å²) in [6.45, 7) is 2.13. The van der Waals surface area contributed by atoms with Gasteiger partial charge in [0.15, 0.2) is 9.84 Å². The average molecular weight is 455 g/mol. The van der Waals surface area contributed by atoms with E-state index < -0.39 is 9.84 Å². The van der Waals surface area contributed by atoms with Crippen LogP contribution in [0.15, 0.2) is 71.9 Å². The third-order valence-corrected chi connectivity index (χ3v) is 7.17. The van der Waals surface area contributed by atoms with E-state index in [2.05, 4.69) is 14.9 Å². The summed E-state index contributed by atoms with van der Waals surface area (Å²) in [7, 11) is -3.48. The van der Waals surface area contributed by atoms with Crippen LogP contribution in [0.2, 0.25) is 0 Å². The zero-order chi connectivity index (χ0) is 22.6. The molecule has 0 N–H and O–H groups in total. The lowest BCUT2D eigenvalue weighted by Crippen LogP contribution is -2.49. The lowest BCUT2D eigenvalue weighted by molar-refractivity contribution is -0.131. The number of sulfone groups is 1. The van der Waals surface area contributed by atoms with Crippen LogP contribution in [0.25, 0.3) is 11.3 Å². The van der Waals surface area contributed by atoms with Crippen LogP contribution in [-0.4, -0.2) is 61.1 Å². The molecule has 0 aliphatic carbocycles. The van der Waals surface area contributed by atoms with Gasteiger partial charge in [-0.15, -0.1) is 0 Å². The fourth-order valence-electron chi connectivity index (χ4n) is 3.61. The van der Waals surface area contributed by atoms with E-state index >= 15 is 0 Å². The van der Waals surface area contributed by atoms with Gasteiger partial charge in [-0.05, 0) is 36.4 Å². The number of piperazine rings is 1. The molecule has 0 radical (unpaired) electrons. The van der Waals surface area contributed by atoms with Gasteiger partial charge >= 0.3 is 0 Å². The molecule has 0 spiro atoms. The normalized spacial score (nSPS) is 14.4. The van der Waals surface area contributed by atoms with E-state index in [1.165, 1.54) is 18.5 Å². The Morgan fingerprint density at radius 1 is 0.938 bits per heavy atom. The fourth-order valence-corrected chi connectivity index (χ4v) is 4.86. The number of hydrogen-bond donors (Lipinski definition) is 0. The summed E-state index contributed by atoms with van der Waals surface area (Å²) in [4.78, 5) is 25.2. The summed E-state index contributed by atoms with van der Waals surface area (Å²) in [6, 6.07) is 16.1. The van der Waals surface area contributed by atoms with Gasteiger partial charge in [0.25, 0.3) is 0 Å². The van der Waals surface area contributed by atoms with Crippen molar-refractivity contribution >= 4 is 21.6 Å². The molecule has 2 heterocycles. The first-order valence-electron chi connectivity index (χ1n) is 10.3. The third-order valence-electron chi connectivity index (χ3n) is 5.44. The Morgan fingerprint density at radius 2 is 1.62 bits per heavy atom. The number of carbonyl (C=O) groups is 1. The van der Waals surface area contributed by atoms with E-state index in [1.54, 1.807) is 47.4 Å². The van der Waals surface area contributed by atoms with Crippen molar-refractivity contribution in [3.63, 3.8) is 0 Å². The highest BCUT2D eigenvalue weighted by Gasteiger charge is 2.24. The number of aromatic nitrogens is 2. The van der Waals surface area contributed by atoms with E-state index in [0.717, 1.165) is 11.4 Å². The van der Waals surface area contributed by atoms with Gasteiger partial charge in [-0.25, -0.2) is 22.8 Å². The van der Waals surface area contributed by atoms with Gasteiger partial charge in [-0.3, -0.25) is 4.79 Å². The SMILES string of the molecule is O=C(CCS(=O)(=O)c1ccccc1)N1CCN(c2cc(-c3ccc(F)cc3)ncn2)CC1. The van der Waals surface area contributed by atoms with Gasteiger partial charge in [0.1, 0.15) is 18.0 Å². The summed E-state index contributed by atoms with van der Waals surface area (Å²) in [5.74, 6) is 0.0560. The third kappa shape index (κ3) is 5.11. The van der Waals surface area contributed by atoms with Crippen molar-refractivity contribution in [1.82, 2.24) is 14.9 Å². The standard InChI is InChI=1S/C23H23FN4O3S/c24-19-8-6-18(7-9-19)21-16-22(26-17-25-21)27-11-13-28(14-12-27)23(29)10-15-32(30,31)20-4-2-1-3-5-20/h1-9,16-17H,10-15H2. The minimum atomic E-state index is -3.48. The number of rotatable bonds is 6. The van der Waals surface area contributed by atoms with E-state index in [4.69, 9.17) is 0 Å². The highest BCUT2D eigenvalue weighted by molar-refractivity contribution is 7.91. The van der Waals surface area contributed by atoms with E-state index in [0.29, 0.717) is 31.9 Å². The van der Waals surface area contributed by atoms with Crippen LogP contribution in [0.4, 0.5) is 10.2 Å². The molecular weight excluding hydrogens is 431 g/mol. The molecular formula is C23H23FN4O3S. The van der Waals surface area contributed by atoms with Crippen molar-refractivity contribution in [1.29, 1.82) is 0 Å². The van der Waals surface area contributed by atoms with E-state index in [-0.39, 0.29) is 28.8 Å². The molecule has 0 atom stereocenters. The maximum atomic E-state index is 13.2. The van der Waals surface area contributed by atoms with Gasteiger partial charge in [-0.1, -0.05) is 18.2 Å². The van der Waals surface area contributed by atoms with Crippen LogP contribution < -0.4 is 4.90 Å². The van der Waals surface area contributed by atoms with Crippen LogP contribution in [-0.2, 0) is 14.6 Å². The lowest BCUT2D eigenvalue weighted by Gasteiger charge is -2.35. The Hall–Kier alpha value is -3.33. The smallest absolute Gasteiger partial charge is 0.223 e. The Balaban J connectivity index is 1.33. The first kappa shape index (κ1) is 21.9. The van der Waals surface area contributed by atoms with E-state index in [1.807, 2.05) is 6.07 Å². The summed E-state index contributed by atoms with van der Waals surface area (Å²) in [5.41, 5.74) is 1.49. The molecule has 7 nitrogen and oxygen atoms in total. The minimum absolute atomic E-state index is 0.0422. The second-order valence-corrected chi connectivity index (χ2v) is 9.63. The highest BCUT2D eigenvalue weighted by Crippen LogP contribution is 2.22. The Bertz CT molecular complexity index is 1180. The molecule has 0 saturated carbocycles. The molecule has 1 fully saturated rings. The molecule has 1 aliphatic heterocycles.